The third kappa shape index (κ3) is 2.14. The molecule has 0 aromatic carbocycles. The molecule has 1 saturated carbocycles. The molecule has 2 aliphatic rings. The van der Waals surface area contributed by atoms with Crippen LogP contribution in [0, 0.1) is 5.92 Å². The molecule has 0 amide bonds. The zero-order chi connectivity index (χ0) is 10.8. The molecule has 0 spiro atoms. The van der Waals surface area contributed by atoms with Gasteiger partial charge >= 0.3 is 5.97 Å². The molecule has 1 aliphatic carbocycles. The van der Waals surface area contributed by atoms with E-state index in [9.17, 15) is 9.90 Å². The van der Waals surface area contributed by atoms with Crippen LogP contribution in [0.15, 0.2) is 0 Å². The van der Waals surface area contributed by atoms with Gasteiger partial charge in [-0.2, -0.15) is 11.8 Å². The first-order valence-corrected chi connectivity index (χ1v) is 6.56. The first kappa shape index (κ1) is 11.2. The molecule has 0 aromatic heterocycles. The molecule has 1 aliphatic heterocycles. The van der Waals surface area contributed by atoms with Gasteiger partial charge in [-0.15, -0.1) is 0 Å². The number of carbonyl (C=O) groups is 1. The van der Waals surface area contributed by atoms with E-state index in [4.69, 9.17) is 5.11 Å². The molecule has 0 radical (unpaired) electrons. The van der Waals surface area contributed by atoms with Gasteiger partial charge < -0.3 is 10.2 Å². The second kappa shape index (κ2) is 4.72. The van der Waals surface area contributed by atoms with Crippen LogP contribution in [0.25, 0.3) is 0 Å². The summed E-state index contributed by atoms with van der Waals surface area (Å²) in [5, 5.41) is 18.3. The summed E-state index contributed by atoms with van der Waals surface area (Å²) in [6.45, 7) is 1.07. The molecule has 3 atom stereocenters. The Labute approximate surface area is 93.6 Å². The highest BCUT2D eigenvalue weighted by molar-refractivity contribution is 7.99. The maximum absolute atomic E-state index is 10.9. The Bertz CT molecular complexity index is 249. The highest BCUT2D eigenvalue weighted by Crippen LogP contribution is 2.35. The van der Waals surface area contributed by atoms with Gasteiger partial charge in [0.1, 0.15) is 0 Å². The van der Waals surface area contributed by atoms with Gasteiger partial charge in [0.15, 0.2) is 0 Å². The number of nitrogens with zero attached hydrogens (tertiary/aromatic N) is 1. The van der Waals surface area contributed by atoms with Gasteiger partial charge in [0, 0.05) is 30.1 Å². The number of hydrogen-bond donors (Lipinski definition) is 2. The summed E-state index contributed by atoms with van der Waals surface area (Å²) in [5.74, 6) is 1.10. The summed E-state index contributed by atoms with van der Waals surface area (Å²) >= 11 is 1.84. The summed E-state index contributed by atoms with van der Waals surface area (Å²) in [4.78, 5) is 13.1. The van der Waals surface area contributed by atoms with Crippen LogP contribution in [-0.2, 0) is 4.79 Å². The van der Waals surface area contributed by atoms with E-state index >= 15 is 0 Å². The zero-order valence-corrected chi connectivity index (χ0v) is 9.45. The van der Waals surface area contributed by atoms with Crippen molar-refractivity contribution in [3.8, 4) is 0 Å². The Kier molecular flexibility index (Phi) is 3.53. The summed E-state index contributed by atoms with van der Waals surface area (Å²) in [6.07, 6.45) is 1.76. The van der Waals surface area contributed by atoms with Crippen molar-refractivity contribution in [2.75, 3.05) is 24.7 Å². The van der Waals surface area contributed by atoms with E-state index in [1.54, 1.807) is 0 Å². The van der Waals surface area contributed by atoms with E-state index in [0.29, 0.717) is 0 Å². The molecular weight excluding hydrogens is 214 g/mol. The first-order valence-electron chi connectivity index (χ1n) is 5.41. The van der Waals surface area contributed by atoms with E-state index in [1.807, 2.05) is 11.8 Å². The van der Waals surface area contributed by atoms with E-state index in [1.165, 1.54) is 0 Å². The number of carboxylic acid groups (broad SMARTS) is 1. The Hall–Kier alpha value is -0.260. The Morgan fingerprint density at radius 3 is 2.80 bits per heavy atom. The van der Waals surface area contributed by atoms with Crippen LogP contribution in [0.2, 0.25) is 0 Å². The second-order valence-corrected chi connectivity index (χ2v) is 5.39. The van der Waals surface area contributed by atoms with Crippen molar-refractivity contribution in [2.45, 2.75) is 24.9 Å². The second-order valence-electron chi connectivity index (χ2n) is 4.24. The lowest BCUT2D eigenvalue weighted by molar-refractivity contribution is -0.149. The molecular formula is C10H17NO3S. The quantitative estimate of drug-likeness (QED) is 0.729. The van der Waals surface area contributed by atoms with E-state index in [0.717, 1.165) is 30.9 Å². The number of aliphatic carboxylic acids is 1. The molecule has 86 valence electrons. The molecule has 1 heterocycles. The van der Waals surface area contributed by atoms with Crippen molar-refractivity contribution < 1.29 is 15.0 Å². The molecule has 2 N–H and O–H groups in total. The Morgan fingerprint density at radius 2 is 2.27 bits per heavy atom. The number of hydrogen-bond acceptors (Lipinski definition) is 4. The van der Waals surface area contributed by atoms with Gasteiger partial charge in [0.05, 0.1) is 12.5 Å². The third-order valence-electron chi connectivity index (χ3n) is 3.46. The maximum atomic E-state index is 10.9. The third-order valence-corrected chi connectivity index (χ3v) is 4.56. The maximum Gasteiger partial charge on any atom is 0.308 e. The van der Waals surface area contributed by atoms with Crippen LogP contribution in [0.3, 0.4) is 0 Å². The fraction of sp³-hybridized carbons (Fsp3) is 0.900. The zero-order valence-electron chi connectivity index (χ0n) is 8.63. The SMILES string of the molecule is O=C(O)C1CCC1N1CCSCC1CO. The number of aliphatic hydroxyl groups excluding tert-OH is 1. The summed E-state index contributed by atoms with van der Waals surface area (Å²) in [6, 6.07) is 0.330. The number of thioether (sulfide) groups is 1. The minimum absolute atomic E-state index is 0.149. The van der Waals surface area contributed by atoms with Crippen LogP contribution in [0.4, 0.5) is 0 Å². The molecule has 4 nitrogen and oxygen atoms in total. The Morgan fingerprint density at radius 1 is 1.47 bits per heavy atom. The van der Waals surface area contributed by atoms with Gasteiger partial charge in [-0.05, 0) is 12.8 Å². The monoisotopic (exact) mass is 231 g/mol. The lowest BCUT2D eigenvalue weighted by atomic mass is 9.78. The van der Waals surface area contributed by atoms with Crippen molar-refractivity contribution in [2.24, 2.45) is 5.92 Å². The first-order chi connectivity index (χ1) is 7.24. The predicted octanol–water partition coefficient (Wildman–Crippen LogP) is 0.259. The smallest absolute Gasteiger partial charge is 0.308 e. The highest BCUT2D eigenvalue weighted by Gasteiger charge is 2.43. The van der Waals surface area contributed by atoms with Crippen LogP contribution in [-0.4, -0.2) is 57.8 Å². The van der Waals surface area contributed by atoms with E-state index < -0.39 is 5.97 Å². The highest BCUT2D eigenvalue weighted by atomic mass is 32.2. The minimum Gasteiger partial charge on any atom is -0.481 e. The molecule has 1 saturated heterocycles. The molecule has 0 bridgehead atoms. The van der Waals surface area contributed by atoms with Gasteiger partial charge in [0.25, 0.3) is 0 Å². The summed E-state index contributed by atoms with van der Waals surface area (Å²) < 4.78 is 0. The van der Waals surface area contributed by atoms with Crippen molar-refractivity contribution in [3.63, 3.8) is 0 Å². The van der Waals surface area contributed by atoms with Crippen molar-refractivity contribution >= 4 is 17.7 Å². The molecule has 15 heavy (non-hydrogen) atoms. The fourth-order valence-corrected chi connectivity index (χ4v) is 3.50. The van der Waals surface area contributed by atoms with Crippen molar-refractivity contribution in [1.82, 2.24) is 4.90 Å². The van der Waals surface area contributed by atoms with E-state index in [2.05, 4.69) is 4.90 Å². The van der Waals surface area contributed by atoms with Crippen LogP contribution in [0.1, 0.15) is 12.8 Å². The largest absolute Gasteiger partial charge is 0.481 e. The molecule has 2 fully saturated rings. The average molecular weight is 231 g/mol. The van der Waals surface area contributed by atoms with Gasteiger partial charge in [0.2, 0.25) is 0 Å². The molecule has 0 aromatic rings. The number of rotatable bonds is 3. The normalized spacial score (nSPS) is 37.3. The predicted molar refractivity (Wildman–Crippen MR) is 59.1 cm³/mol. The summed E-state index contributed by atoms with van der Waals surface area (Å²) in [5.41, 5.74) is 0. The Balaban J connectivity index is 1.98. The van der Waals surface area contributed by atoms with Crippen molar-refractivity contribution in [1.29, 1.82) is 0 Å². The lowest BCUT2D eigenvalue weighted by Crippen LogP contribution is -2.57. The van der Waals surface area contributed by atoms with Crippen molar-refractivity contribution in [3.05, 3.63) is 0 Å². The molecule has 3 unspecified atom stereocenters. The van der Waals surface area contributed by atoms with Crippen LogP contribution < -0.4 is 0 Å². The van der Waals surface area contributed by atoms with Crippen LogP contribution >= 0.6 is 11.8 Å². The summed E-state index contributed by atoms with van der Waals surface area (Å²) in [7, 11) is 0. The van der Waals surface area contributed by atoms with Crippen LogP contribution in [0.5, 0.6) is 0 Å². The lowest BCUT2D eigenvalue weighted by Gasteiger charge is -2.47. The topological polar surface area (TPSA) is 60.8 Å². The molecule has 5 heteroatoms. The van der Waals surface area contributed by atoms with Gasteiger partial charge in [-0.25, -0.2) is 0 Å². The number of carboxylic acids is 1. The number of aliphatic hydroxyl groups is 1. The average Bonchev–Trinajstić information content (AvgIpc) is 2.16. The van der Waals surface area contributed by atoms with E-state index in [-0.39, 0.29) is 24.6 Å². The molecule has 2 rings (SSSR count). The minimum atomic E-state index is -0.679. The van der Waals surface area contributed by atoms with Gasteiger partial charge in [-0.1, -0.05) is 0 Å². The van der Waals surface area contributed by atoms with Gasteiger partial charge in [-0.3, -0.25) is 9.69 Å². The fourth-order valence-electron chi connectivity index (χ4n) is 2.43. The standard InChI is InChI=1S/C10H17NO3S/c12-5-7-6-15-4-3-11(7)9-2-1-8(9)10(13)14/h7-9,12H,1-6H2,(H,13,14).